The molecule has 9 heteroatoms. The van der Waals surface area contributed by atoms with Gasteiger partial charge >= 0.3 is 12.1 Å². The summed E-state index contributed by atoms with van der Waals surface area (Å²) in [5.41, 5.74) is 3.24. The number of nitrogens with one attached hydrogen (secondary N) is 2. The van der Waals surface area contributed by atoms with E-state index in [0.717, 1.165) is 33.6 Å². The SMILES string of the molecule is CC(C)(NC(=O)OCC1c2ccccc2-c2ccccc21)C(=O)NCc1ncc(C(=O)O)s1. The van der Waals surface area contributed by atoms with Gasteiger partial charge in [-0.05, 0) is 36.1 Å². The third-order valence-corrected chi connectivity index (χ3v) is 6.48. The monoisotopic (exact) mass is 465 g/mol. The van der Waals surface area contributed by atoms with Gasteiger partial charge in [-0.15, -0.1) is 11.3 Å². The van der Waals surface area contributed by atoms with E-state index in [1.165, 1.54) is 6.20 Å². The largest absolute Gasteiger partial charge is 0.477 e. The van der Waals surface area contributed by atoms with Gasteiger partial charge in [0.1, 0.15) is 22.0 Å². The fourth-order valence-corrected chi connectivity index (χ4v) is 4.51. The average molecular weight is 466 g/mol. The van der Waals surface area contributed by atoms with E-state index < -0.39 is 23.5 Å². The van der Waals surface area contributed by atoms with Crippen LogP contribution in [0.1, 0.15) is 45.6 Å². The van der Waals surface area contributed by atoms with Crippen LogP contribution in [0.15, 0.2) is 54.7 Å². The van der Waals surface area contributed by atoms with Crippen molar-refractivity contribution >= 4 is 29.3 Å². The van der Waals surface area contributed by atoms with Crippen molar-refractivity contribution in [1.29, 1.82) is 0 Å². The van der Waals surface area contributed by atoms with Crippen LogP contribution in [0.25, 0.3) is 11.1 Å². The summed E-state index contributed by atoms with van der Waals surface area (Å²) in [5, 5.41) is 14.7. The smallest absolute Gasteiger partial charge is 0.408 e. The Balaban J connectivity index is 1.34. The van der Waals surface area contributed by atoms with Gasteiger partial charge in [-0.25, -0.2) is 14.6 Å². The van der Waals surface area contributed by atoms with Gasteiger partial charge in [0, 0.05) is 5.92 Å². The van der Waals surface area contributed by atoms with Crippen LogP contribution in [0.2, 0.25) is 0 Å². The summed E-state index contributed by atoms with van der Waals surface area (Å²) in [6, 6.07) is 16.1. The van der Waals surface area contributed by atoms with E-state index >= 15 is 0 Å². The molecule has 0 spiro atoms. The summed E-state index contributed by atoms with van der Waals surface area (Å²) in [4.78, 5) is 40.1. The summed E-state index contributed by atoms with van der Waals surface area (Å²) in [6.07, 6.45) is 0.550. The number of aromatic nitrogens is 1. The van der Waals surface area contributed by atoms with Gasteiger partial charge in [-0.1, -0.05) is 48.5 Å². The molecule has 0 saturated heterocycles. The van der Waals surface area contributed by atoms with Gasteiger partial charge in [0.05, 0.1) is 12.7 Å². The molecule has 4 rings (SSSR count). The minimum absolute atomic E-state index is 0.0621. The Bertz CT molecular complexity index is 1170. The second-order valence-corrected chi connectivity index (χ2v) is 9.30. The number of carboxylic acid groups (broad SMARTS) is 1. The second kappa shape index (κ2) is 9.03. The van der Waals surface area contributed by atoms with Crippen molar-refractivity contribution in [2.45, 2.75) is 31.8 Å². The number of thiazole rings is 1. The molecule has 33 heavy (non-hydrogen) atoms. The topological polar surface area (TPSA) is 118 Å². The van der Waals surface area contributed by atoms with Gasteiger partial charge in [0.2, 0.25) is 5.91 Å². The first-order valence-corrected chi connectivity index (χ1v) is 11.2. The third-order valence-electron chi connectivity index (χ3n) is 5.49. The molecule has 0 unspecified atom stereocenters. The number of hydrogen-bond acceptors (Lipinski definition) is 6. The number of fused-ring (bicyclic) bond motifs is 3. The summed E-state index contributed by atoms with van der Waals surface area (Å²) in [5.74, 6) is -1.58. The highest BCUT2D eigenvalue weighted by atomic mass is 32.1. The maximum Gasteiger partial charge on any atom is 0.408 e. The molecule has 3 aromatic rings. The van der Waals surface area contributed by atoms with Crippen LogP contribution < -0.4 is 10.6 Å². The summed E-state index contributed by atoms with van der Waals surface area (Å²) in [6.45, 7) is 3.34. The number of carbonyl (C=O) groups is 3. The second-order valence-electron chi connectivity index (χ2n) is 8.18. The van der Waals surface area contributed by atoms with Gasteiger partial charge in [-0.3, -0.25) is 4.79 Å². The predicted octanol–water partition coefficient (Wildman–Crippen LogP) is 3.77. The van der Waals surface area contributed by atoms with E-state index in [1.807, 2.05) is 36.4 Å². The normalized spacial score (nSPS) is 12.5. The zero-order chi connectivity index (χ0) is 23.6. The van der Waals surface area contributed by atoms with Gasteiger partial charge in [0.15, 0.2) is 0 Å². The Morgan fingerprint density at radius 1 is 1.06 bits per heavy atom. The highest BCUT2D eigenvalue weighted by molar-refractivity contribution is 7.13. The molecule has 2 aromatic carbocycles. The Kier molecular flexibility index (Phi) is 6.15. The van der Waals surface area contributed by atoms with Crippen molar-refractivity contribution < 1.29 is 24.2 Å². The van der Waals surface area contributed by atoms with Crippen molar-refractivity contribution in [2.24, 2.45) is 0 Å². The molecule has 0 bridgehead atoms. The van der Waals surface area contributed by atoms with Crippen LogP contribution >= 0.6 is 11.3 Å². The van der Waals surface area contributed by atoms with Crippen molar-refractivity contribution in [3.05, 3.63) is 75.7 Å². The average Bonchev–Trinajstić information content (AvgIpc) is 3.39. The lowest BCUT2D eigenvalue weighted by molar-refractivity contribution is -0.126. The lowest BCUT2D eigenvalue weighted by Crippen LogP contribution is -2.54. The third kappa shape index (κ3) is 4.73. The fourth-order valence-electron chi connectivity index (χ4n) is 3.81. The predicted molar refractivity (Wildman–Crippen MR) is 123 cm³/mol. The van der Waals surface area contributed by atoms with Crippen LogP contribution in [0.3, 0.4) is 0 Å². The minimum Gasteiger partial charge on any atom is -0.477 e. The first-order chi connectivity index (χ1) is 15.8. The molecule has 0 saturated carbocycles. The van der Waals surface area contributed by atoms with Gasteiger partial charge < -0.3 is 20.5 Å². The number of nitrogens with zero attached hydrogens (tertiary/aromatic N) is 1. The van der Waals surface area contributed by atoms with Crippen molar-refractivity contribution in [1.82, 2.24) is 15.6 Å². The zero-order valence-corrected chi connectivity index (χ0v) is 18.9. The number of rotatable bonds is 7. The summed E-state index contributed by atoms with van der Waals surface area (Å²) >= 11 is 0.981. The molecule has 170 valence electrons. The molecule has 1 aromatic heterocycles. The zero-order valence-electron chi connectivity index (χ0n) is 18.1. The van der Waals surface area contributed by atoms with Gasteiger partial charge in [-0.2, -0.15) is 0 Å². The van der Waals surface area contributed by atoms with Crippen LogP contribution in [-0.2, 0) is 16.1 Å². The van der Waals surface area contributed by atoms with Crippen LogP contribution in [-0.4, -0.2) is 40.2 Å². The lowest BCUT2D eigenvalue weighted by Gasteiger charge is -2.25. The van der Waals surface area contributed by atoms with Crippen LogP contribution in [0.4, 0.5) is 4.79 Å². The number of hydrogen-bond donors (Lipinski definition) is 3. The number of amides is 2. The Labute approximate surface area is 194 Å². The van der Waals surface area contributed by atoms with Gasteiger partial charge in [0.25, 0.3) is 0 Å². The molecule has 1 heterocycles. The Morgan fingerprint density at radius 3 is 2.24 bits per heavy atom. The highest BCUT2D eigenvalue weighted by Gasteiger charge is 2.32. The molecule has 0 atom stereocenters. The first kappa shape index (κ1) is 22.5. The van der Waals surface area contributed by atoms with E-state index in [4.69, 9.17) is 9.84 Å². The van der Waals surface area contributed by atoms with E-state index in [1.54, 1.807) is 13.8 Å². The number of aromatic carboxylic acids is 1. The number of alkyl carbamates (subject to hydrolysis) is 1. The molecule has 0 radical (unpaired) electrons. The minimum atomic E-state index is -1.24. The fraction of sp³-hybridized carbons (Fsp3) is 0.250. The molecule has 2 amide bonds. The van der Waals surface area contributed by atoms with Crippen molar-refractivity contribution in [3.8, 4) is 11.1 Å². The van der Waals surface area contributed by atoms with E-state index in [9.17, 15) is 14.4 Å². The molecule has 1 aliphatic carbocycles. The number of ether oxygens (including phenoxy) is 1. The molecule has 0 fully saturated rings. The van der Waals surface area contributed by atoms with E-state index in [-0.39, 0.29) is 23.9 Å². The van der Waals surface area contributed by atoms with Crippen molar-refractivity contribution in [3.63, 3.8) is 0 Å². The molecular formula is C24H23N3O5S. The number of carboxylic acids is 1. The maximum atomic E-state index is 12.6. The quantitative estimate of drug-likeness (QED) is 0.489. The van der Waals surface area contributed by atoms with E-state index in [2.05, 4.69) is 27.8 Å². The maximum absolute atomic E-state index is 12.6. The molecule has 3 N–H and O–H groups in total. The summed E-state index contributed by atoms with van der Waals surface area (Å²) in [7, 11) is 0. The lowest BCUT2D eigenvalue weighted by atomic mass is 9.98. The highest BCUT2D eigenvalue weighted by Crippen LogP contribution is 2.44. The number of benzene rings is 2. The Hall–Kier alpha value is -3.72. The molecule has 8 nitrogen and oxygen atoms in total. The summed E-state index contributed by atoms with van der Waals surface area (Å²) < 4.78 is 5.51. The molecule has 1 aliphatic rings. The standard InChI is InChI=1S/C24H23N3O5S/c1-24(2,22(30)26-12-20-25-11-19(33-20)21(28)29)27-23(31)32-13-18-16-9-5-3-7-14(16)15-8-4-6-10-17(15)18/h3-11,18H,12-13H2,1-2H3,(H,26,30)(H,27,31)(H,28,29). The molecular weight excluding hydrogens is 442 g/mol. The molecule has 0 aliphatic heterocycles. The van der Waals surface area contributed by atoms with Crippen LogP contribution in [0, 0.1) is 0 Å². The first-order valence-electron chi connectivity index (χ1n) is 10.4. The van der Waals surface area contributed by atoms with E-state index in [0.29, 0.717) is 5.01 Å². The van der Waals surface area contributed by atoms with Crippen LogP contribution in [0.5, 0.6) is 0 Å². The number of carbonyl (C=O) groups excluding carboxylic acids is 2. The Morgan fingerprint density at radius 2 is 1.67 bits per heavy atom. The van der Waals surface area contributed by atoms with Crippen molar-refractivity contribution in [2.75, 3.05) is 6.61 Å².